The van der Waals surface area contributed by atoms with Crippen molar-refractivity contribution >= 4 is 21.9 Å². The lowest BCUT2D eigenvalue weighted by Crippen LogP contribution is -1.91. The third kappa shape index (κ3) is 7.26. The minimum atomic E-state index is 0.933. The van der Waals surface area contributed by atoms with Crippen LogP contribution in [0.5, 0.6) is 0 Å². The van der Waals surface area contributed by atoms with E-state index in [0.29, 0.717) is 0 Å². The van der Waals surface area contributed by atoms with E-state index in [1.807, 2.05) is 6.08 Å². The van der Waals surface area contributed by atoms with Crippen molar-refractivity contribution in [2.75, 3.05) is 0 Å². The molecule has 0 saturated heterocycles. The molecule has 1 aliphatic carbocycles. The molecule has 0 aromatic heterocycles. The topological polar surface area (TPSA) is 0 Å². The highest BCUT2D eigenvalue weighted by Crippen LogP contribution is 2.36. The number of fused-ring (bicyclic) bond motifs is 1. The Bertz CT molecular complexity index is 2300. The minimum Gasteiger partial charge on any atom is -0.0991 e. The molecule has 50 heavy (non-hydrogen) atoms. The molecule has 0 bridgehead atoms. The Morgan fingerprint density at radius 2 is 1.00 bits per heavy atom. The zero-order valence-corrected chi connectivity index (χ0v) is 28.3. The molecular weight excluding hydrogens is 601 g/mol. The van der Waals surface area contributed by atoms with Crippen LogP contribution >= 0.6 is 0 Å². The SMILES string of the molecule is C=CC=CC(=C)c1cccc(-c2ccc(-c3ccccc3)cc2)ccc(C2=CC=CCC2)c2ccc(-c3ccc(-c4ccccc4)cc3)cc12. The summed E-state index contributed by atoms with van der Waals surface area (Å²) in [4.78, 5) is 0. The average molecular weight is 641 g/mol. The van der Waals surface area contributed by atoms with Crippen LogP contribution in [-0.4, -0.2) is 0 Å². The van der Waals surface area contributed by atoms with E-state index >= 15 is 0 Å². The summed E-state index contributed by atoms with van der Waals surface area (Å²) >= 11 is 0. The van der Waals surface area contributed by atoms with Crippen LogP contribution in [0.4, 0.5) is 0 Å². The lowest BCUT2D eigenvalue weighted by Gasteiger charge is -2.15. The van der Waals surface area contributed by atoms with E-state index < -0.39 is 0 Å². The van der Waals surface area contributed by atoms with Crippen molar-refractivity contribution in [2.24, 2.45) is 0 Å². The van der Waals surface area contributed by atoms with Gasteiger partial charge in [0.15, 0.2) is 0 Å². The van der Waals surface area contributed by atoms with Gasteiger partial charge in [-0.05, 0) is 96.5 Å². The largest absolute Gasteiger partial charge is 0.0991 e. The molecule has 0 nitrogen and oxygen atoms in total. The molecule has 0 heteroatoms. The van der Waals surface area contributed by atoms with Gasteiger partial charge in [0.25, 0.3) is 0 Å². The standard InChI is InChI=1S/C50H40/c1-3-4-15-37(2)47-23-14-22-40(43-26-24-41(25-27-43)38-16-8-5-9-17-38)32-34-48(45-20-12-7-13-21-45)49-35-33-46(36-50(47)49)44-30-28-42(29-31-44)39-18-10-6-11-19-39/h3-12,14-20,22-36H,1-2,13,21H2. The van der Waals surface area contributed by atoms with Gasteiger partial charge >= 0.3 is 0 Å². The molecule has 0 saturated carbocycles. The van der Waals surface area contributed by atoms with Crippen molar-refractivity contribution in [3.05, 3.63) is 218 Å². The summed E-state index contributed by atoms with van der Waals surface area (Å²) in [6.45, 7) is 8.46. The Morgan fingerprint density at radius 1 is 0.500 bits per heavy atom. The van der Waals surface area contributed by atoms with Crippen LogP contribution in [0.3, 0.4) is 0 Å². The van der Waals surface area contributed by atoms with Crippen LogP contribution in [0.1, 0.15) is 24.0 Å². The van der Waals surface area contributed by atoms with Crippen LogP contribution in [0.2, 0.25) is 0 Å². The number of benzene rings is 5. The lowest BCUT2D eigenvalue weighted by molar-refractivity contribution is 1.06. The molecule has 0 radical (unpaired) electrons. The van der Waals surface area contributed by atoms with Crippen molar-refractivity contribution < 1.29 is 0 Å². The molecule has 0 N–H and O–H groups in total. The van der Waals surface area contributed by atoms with Gasteiger partial charge in [0.1, 0.15) is 0 Å². The monoisotopic (exact) mass is 640 g/mol. The van der Waals surface area contributed by atoms with E-state index in [1.54, 1.807) is 6.08 Å². The number of hydrogen-bond donors (Lipinski definition) is 0. The van der Waals surface area contributed by atoms with E-state index in [0.717, 1.165) is 34.9 Å². The van der Waals surface area contributed by atoms with Gasteiger partial charge in [0, 0.05) is 0 Å². The van der Waals surface area contributed by atoms with E-state index in [2.05, 4.69) is 195 Å². The summed E-state index contributed by atoms with van der Waals surface area (Å²) < 4.78 is 0. The van der Waals surface area contributed by atoms with E-state index in [1.165, 1.54) is 55.5 Å². The van der Waals surface area contributed by atoms with Crippen molar-refractivity contribution in [1.29, 1.82) is 0 Å². The fourth-order valence-corrected chi connectivity index (χ4v) is 6.66. The molecule has 0 amide bonds. The lowest BCUT2D eigenvalue weighted by atomic mass is 9.89. The normalized spacial score (nSPS) is 12.4. The zero-order chi connectivity index (χ0) is 34.1. The molecule has 240 valence electrons. The molecular formula is C50H40. The highest BCUT2D eigenvalue weighted by molar-refractivity contribution is 6.02. The molecule has 0 unspecified atom stereocenters. The fourth-order valence-electron chi connectivity index (χ4n) is 6.66. The van der Waals surface area contributed by atoms with Gasteiger partial charge in [-0.2, -0.15) is 0 Å². The molecule has 0 aliphatic heterocycles. The maximum Gasteiger partial charge on any atom is -0.00933 e. The van der Waals surface area contributed by atoms with Crippen LogP contribution < -0.4 is 0 Å². The molecule has 0 spiro atoms. The Balaban J connectivity index is 1.42. The maximum atomic E-state index is 4.55. The average Bonchev–Trinajstić information content (AvgIpc) is 3.19. The van der Waals surface area contributed by atoms with E-state index in [9.17, 15) is 0 Å². The van der Waals surface area contributed by atoms with Crippen LogP contribution in [0, 0.1) is 0 Å². The van der Waals surface area contributed by atoms with Gasteiger partial charge in [-0.3, -0.25) is 0 Å². The molecule has 6 aromatic carbocycles. The van der Waals surface area contributed by atoms with E-state index in [-0.39, 0.29) is 0 Å². The number of allylic oxidation sites excluding steroid dienone is 8. The summed E-state index contributed by atoms with van der Waals surface area (Å²) in [6.07, 6.45) is 14.5. The second-order valence-corrected chi connectivity index (χ2v) is 12.6. The predicted octanol–water partition coefficient (Wildman–Crippen LogP) is 14.1. The molecule has 7 rings (SSSR count). The van der Waals surface area contributed by atoms with Gasteiger partial charge in [0.05, 0.1) is 0 Å². The Labute approximate surface area is 296 Å². The summed E-state index contributed by atoms with van der Waals surface area (Å²) in [6, 6.07) is 56.9. The van der Waals surface area contributed by atoms with Crippen molar-refractivity contribution in [2.45, 2.75) is 12.8 Å². The Kier molecular flexibility index (Phi) is 9.90. The fraction of sp³-hybridized carbons (Fsp3) is 0.0400. The van der Waals surface area contributed by atoms with Crippen molar-refractivity contribution in [3.63, 3.8) is 0 Å². The van der Waals surface area contributed by atoms with Gasteiger partial charge in [0.2, 0.25) is 0 Å². The number of hydrogen-bond acceptors (Lipinski definition) is 0. The smallest absolute Gasteiger partial charge is 0.00933 e. The summed E-state index contributed by atoms with van der Waals surface area (Å²) in [7, 11) is 0. The highest BCUT2D eigenvalue weighted by Gasteiger charge is 2.12. The summed E-state index contributed by atoms with van der Waals surface area (Å²) in [5.74, 6) is 0. The third-order valence-electron chi connectivity index (χ3n) is 9.36. The second-order valence-electron chi connectivity index (χ2n) is 12.6. The van der Waals surface area contributed by atoms with E-state index in [4.69, 9.17) is 0 Å². The van der Waals surface area contributed by atoms with Crippen LogP contribution in [0.25, 0.3) is 66.4 Å². The van der Waals surface area contributed by atoms with Gasteiger partial charge in [-0.25, -0.2) is 0 Å². The molecule has 0 heterocycles. The maximum absolute atomic E-state index is 4.55. The Hall–Kier alpha value is -6.24. The minimum absolute atomic E-state index is 0.933. The van der Waals surface area contributed by atoms with Crippen molar-refractivity contribution in [1.82, 2.24) is 0 Å². The first kappa shape index (κ1) is 32.3. The Morgan fingerprint density at radius 3 is 1.56 bits per heavy atom. The number of rotatable bonds is 8. The van der Waals surface area contributed by atoms with Gasteiger partial charge < -0.3 is 0 Å². The molecule has 1 aliphatic rings. The third-order valence-corrected chi connectivity index (χ3v) is 9.36. The van der Waals surface area contributed by atoms with Crippen molar-refractivity contribution in [3.8, 4) is 44.5 Å². The summed E-state index contributed by atoms with van der Waals surface area (Å²) in [5, 5.41) is 2.35. The summed E-state index contributed by atoms with van der Waals surface area (Å²) in [5.41, 5.74) is 14.1. The van der Waals surface area contributed by atoms with Gasteiger partial charge in [-0.15, -0.1) is 0 Å². The first-order valence-electron chi connectivity index (χ1n) is 17.3. The molecule has 6 aromatic rings. The first-order valence-corrected chi connectivity index (χ1v) is 17.3. The molecule has 0 fully saturated rings. The molecule has 0 atom stereocenters. The first-order chi connectivity index (χ1) is 24.7. The van der Waals surface area contributed by atoms with Crippen LogP contribution in [-0.2, 0) is 0 Å². The second kappa shape index (κ2) is 15.3. The van der Waals surface area contributed by atoms with Crippen LogP contribution in [0.15, 0.2) is 207 Å². The quantitative estimate of drug-likeness (QED) is 0.145. The highest BCUT2D eigenvalue weighted by atomic mass is 14.2. The van der Waals surface area contributed by atoms with Gasteiger partial charge in [-0.1, -0.05) is 201 Å². The predicted molar refractivity (Wildman–Crippen MR) is 218 cm³/mol. The zero-order valence-electron chi connectivity index (χ0n) is 28.3.